The minimum Gasteiger partial charge on any atom is -0.505 e. The first kappa shape index (κ1) is 26.4. The lowest BCUT2D eigenvalue weighted by molar-refractivity contribution is -0.132. The SMILES string of the molecule is Cc1ccc(CSc2nnc(N3C(=O)C(=O)C(=C(O)c4c(C)nc5ccccn45)C3c3cccc(Br)c3)s2)cc1. The monoisotopic (exact) mass is 631 g/mol. The molecule has 0 bridgehead atoms. The normalized spacial score (nSPS) is 16.8. The Morgan fingerprint density at radius 2 is 1.85 bits per heavy atom. The Balaban J connectivity index is 1.43. The van der Waals surface area contributed by atoms with Gasteiger partial charge in [0.25, 0.3) is 5.78 Å². The number of halogens is 1. The molecular weight excluding hydrogens is 610 g/mol. The molecule has 0 aliphatic carbocycles. The Hall–Kier alpha value is -3.80. The Labute approximate surface area is 246 Å². The van der Waals surface area contributed by atoms with E-state index in [0.717, 1.165) is 10.0 Å². The van der Waals surface area contributed by atoms with Gasteiger partial charge in [0.05, 0.1) is 17.3 Å². The number of aliphatic hydroxyl groups excluding tert-OH is 1. The third-order valence-corrected chi connectivity index (χ3v) is 9.24. The van der Waals surface area contributed by atoms with Crippen molar-refractivity contribution in [3.05, 3.63) is 111 Å². The Morgan fingerprint density at radius 3 is 2.62 bits per heavy atom. The molecule has 1 unspecified atom stereocenters. The second-order valence-electron chi connectivity index (χ2n) is 9.32. The van der Waals surface area contributed by atoms with Gasteiger partial charge in [0.15, 0.2) is 10.1 Å². The van der Waals surface area contributed by atoms with Crippen LogP contribution in [0.2, 0.25) is 0 Å². The minimum absolute atomic E-state index is 0.0269. The van der Waals surface area contributed by atoms with Gasteiger partial charge in [-0.1, -0.05) is 87.1 Å². The first-order valence-electron chi connectivity index (χ1n) is 12.3. The number of thioether (sulfide) groups is 1. The molecule has 1 N–H and O–H groups in total. The van der Waals surface area contributed by atoms with Gasteiger partial charge in [-0.3, -0.25) is 18.9 Å². The number of fused-ring (bicyclic) bond motifs is 1. The molecule has 6 rings (SSSR count). The van der Waals surface area contributed by atoms with Crippen LogP contribution in [-0.4, -0.2) is 36.4 Å². The summed E-state index contributed by atoms with van der Waals surface area (Å²) >= 11 is 6.25. The summed E-state index contributed by atoms with van der Waals surface area (Å²) in [4.78, 5) is 33.0. The smallest absolute Gasteiger partial charge is 0.301 e. The van der Waals surface area contributed by atoms with Gasteiger partial charge in [-0.15, -0.1) is 10.2 Å². The van der Waals surface area contributed by atoms with Gasteiger partial charge in [0.2, 0.25) is 5.13 Å². The summed E-state index contributed by atoms with van der Waals surface area (Å²) in [5, 5.41) is 20.5. The maximum absolute atomic E-state index is 13.6. The van der Waals surface area contributed by atoms with E-state index < -0.39 is 17.7 Å². The number of nitrogens with zero attached hydrogens (tertiary/aromatic N) is 5. The van der Waals surface area contributed by atoms with E-state index in [-0.39, 0.29) is 16.5 Å². The van der Waals surface area contributed by atoms with Crippen LogP contribution in [0.4, 0.5) is 5.13 Å². The number of rotatable bonds is 6. The topological polar surface area (TPSA) is 101 Å². The molecule has 0 radical (unpaired) electrons. The van der Waals surface area contributed by atoms with Crippen LogP contribution in [0.25, 0.3) is 11.4 Å². The number of hydrogen-bond donors (Lipinski definition) is 1. The van der Waals surface area contributed by atoms with Crippen LogP contribution in [-0.2, 0) is 15.3 Å². The molecule has 1 fully saturated rings. The maximum Gasteiger partial charge on any atom is 0.301 e. The van der Waals surface area contributed by atoms with E-state index in [1.165, 1.54) is 33.6 Å². The number of carbonyl (C=O) groups is 2. The van der Waals surface area contributed by atoms with Gasteiger partial charge < -0.3 is 5.11 Å². The first-order valence-corrected chi connectivity index (χ1v) is 14.9. The molecule has 0 spiro atoms. The number of pyridine rings is 1. The lowest BCUT2D eigenvalue weighted by Crippen LogP contribution is -2.29. The van der Waals surface area contributed by atoms with Gasteiger partial charge in [-0.2, -0.15) is 0 Å². The summed E-state index contributed by atoms with van der Waals surface area (Å²) in [6, 6.07) is 20.1. The molecule has 1 saturated heterocycles. The summed E-state index contributed by atoms with van der Waals surface area (Å²) < 4.78 is 3.15. The molecule has 40 heavy (non-hydrogen) atoms. The molecule has 2 aromatic carbocycles. The van der Waals surface area contributed by atoms with Crippen molar-refractivity contribution in [2.75, 3.05) is 4.90 Å². The van der Waals surface area contributed by atoms with Crippen LogP contribution in [0, 0.1) is 13.8 Å². The Bertz CT molecular complexity index is 1810. The first-order chi connectivity index (χ1) is 19.3. The van der Waals surface area contributed by atoms with Crippen molar-refractivity contribution in [1.29, 1.82) is 0 Å². The molecule has 0 saturated carbocycles. The third-order valence-electron chi connectivity index (χ3n) is 6.62. The van der Waals surface area contributed by atoms with E-state index in [4.69, 9.17) is 0 Å². The van der Waals surface area contributed by atoms with Crippen LogP contribution in [0.15, 0.2) is 87.3 Å². The van der Waals surface area contributed by atoms with Crippen molar-refractivity contribution in [2.45, 2.75) is 30.0 Å². The van der Waals surface area contributed by atoms with E-state index in [1.807, 2.05) is 49.4 Å². The van der Waals surface area contributed by atoms with E-state index in [9.17, 15) is 14.7 Å². The van der Waals surface area contributed by atoms with E-state index in [2.05, 4.69) is 55.4 Å². The second kappa shape index (κ2) is 10.6. The molecule has 11 heteroatoms. The number of imidazole rings is 1. The highest BCUT2D eigenvalue weighted by Crippen LogP contribution is 2.44. The fourth-order valence-electron chi connectivity index (χ4n) is 4.74. The number of ketones is 1. The number of aromatic nitrogens is 4. The highest BCUT2D eigenvalue weighted by atomic mass is 79.9. The van der Waals surface area contributed by atoms with Crippen LogP contribution in [0.5, 0.6) is 0 Å². The van der Waals surface area contributed by atoms with Crippen molar-refractivity contribution >= 4 is 67.3 Å². The van der Waals surface area contributed by atoms with Gasteiger partial charge in [0, 0.05) is 16.4 Å². The van der Waals surface area contributed by atoms with Crippen molar-refractivity contribution in [3.8, 4) is 0 Å². The average molecular weight is 633 g/mol. The zero-order chi connectivity index (χ0) is 28.0. The van der Waals surface area contributed by atoms with E-state index >= 15 is 0 Å². The highest BCUT2D eigenvalue weighted by Gasteiger charge is 2.49. The van der Waals surface area contributed by atoms with Gasteiger partial charge >= 0.3 is 5.91 Å². The number of benzene rings is 2. The molecule has 1 aliphatic heterocycles. The van der Waals surface area contributed by atoms with Gasteiger partial charge in [-0.25, -0.2) is 4.98 Å². The molecule has 1 amide bonds. The zero-order valence-corrected chi connectivity index (χ0v) is 24.6. The standard InChI is InChI=1S/C29H22BrN5O3S2/c1-16-9-11-18(12-10-16)15-39-29-33-32-28(40-29)35-24(19-6-5-7-20(30)14-19)22(26(37)27(35)38)25(36)23-17(2)31-21-8-3-4-13-34(21)23/h3-14,24,36H,15H2,1-2H3. The summed E-state index contributed by atoms with van der Waals surface area (Å²) in [6.45, 7) is 3.80. The number of Topliss-reactive ketones (excluding diaryl/α,β-unsaturated/α-hetero) is 1. The zero-order valence-electron chi connectivity index (χ0n) is 21.4. The van der Waals surface area contributed by atoms with Crippen molar-refractivity contribution in [3.63, 3.8) is 0 Å². The predicted molar refractivity (Wildman–Crippen MR) is 160 cm³/mol. The molecule has 1 aliphatic rings. The fourth-order valence-corrected chi connectivity index (χ4v) is 6.98. The van der Waals surface area contributed by atoms with Crippen LogP contribution in [0.1, 0.15) is 34.1 Å². The summed E-state index contributed by atoms with van der Waals surface area (Å²) in [5.74, 6) is -1.17. The van der Waals surface area contributed by atoms with Gasteiger partial charge in [-0.05, 0) is 49.2 Å². The fraction of sp³-hybridized carbons (Fsp3) is 0.138. The molecule has 3 aromatic heterocycles. The number of carbonyl (C=O) groups excluding carboxylic acids is 2. The van der Waals surface area contributed by atoms with Crippen molar-refractivity contribution < 1.29 is 14.7 Å². The Kier molecular flexibility index (Phi) is 7.03. The minimum atomic E-state index is -0.908. The molecule has 8 nitrogen and oxygen atoms in total. The lowest BCUT2D eigenvalue weighted by Gasteiger charge is -2.22. The number of anilines is 1. The number of aliphatic hydroxyl groups is 1. The highest BCUT2D eigenvalue weighted by molar-refractivity contribution is 9.10. The Morgan fingerprint density at radius 1 is 1.05 bits per heavy atom. The third kappa shape index (κ3) is 4.74. The van der Waals surface area contributed by atoms with Crippen LogP contribution >= 0.6 is 39.0 Å². The summed E-state index contributed by atoms with van der Waals surface area (Å²) in [6.07, 6.45) is 1.76. The summed E-state index contributed by atoms with van der Waals surface area (Å²) in [7, 11) is 0. The second-order valence-corrected chi connectivity index (χ2v) is 12.4. The average Bonchev–Trinajstić information content (AvgIpc) is 3.62. The molecule has 200 valence electrons. The van der Waals surface area contributed by atoms with Gasteiger partial charge in [0.1, 0.15) is 11.3 Å². The van der Waals surface area contributed by atoms with E-state index in [1.54, 1.807) is 17.5 Å². The van der Waals surface area contributed by atoms with Crippen molar-refractivity contribution in [2.24, 2.45) is 0 Å². The maximum atomic E-state index is 13.6. The lowest BCUT2D eigenvalue weighted by atomic mass is 9.96. The van der Waals surface area contributed by atoms with E-state index in [0.29, 0.717) is 32.7 Å². The van der Waals surface area contributed by atoms with Crippen LogP contribution in [0.3, 0.4) is 0 Å². The number of aryl methyl sites for hydroxylation is 2. The predicted octanol–water partition coefficient (Wildman–Crippen LogP) is 6.48. The molecule has 1 atom stereocenters. The largest absolute Gasteiger partial charge is 0.505 e. The number of amides is 1. The van der Waals surface area contributed by atoms with Crippen LogP contribution < -0.4 is 4.90 Å². The summed E-state index contributed by atoms with van der Waals surface area (Å²) in [5.41, 5.74) is 4.47. The molecule has 4 heterocycles. The quantitative estimate of drug-likeness (QED) is 0.0752. The molecular formula is C29H22BrN5O3S2. The number of hydrogen-bond acceptors (Lipinski definition) is 8. The molecule has 5 aromatic rings. The van der Waals surface area contributed by atoms with Crippen molar-refractivity contribution in [1.82, 2.24) is 19.6 Å².